The first kappa shape index (κ1) is 20.4. The van der Waals surface area contributed by atoms with Crippen LogP contribution in [0.4, 0.5) is 5.69 Å². The van der Waals surface area contributed by atoms with Gasteiger partial charge in [0.05, 0.1) is 21.6 Å². The van der Waals surface area contributed by atoms with E-state index in [0.717, 1.165) is 41.8 Å². The van der Waals surface area contributed by atoms with Crippen molar-refractivity contribution >= 4 is 32.7 Å². The third kappa shape index (κ3) is 4.18. The number of aromatic nitrogens is 2. The third-order valence-corrected chi connectivity index (χ3v) is 6.98. The summed E-state index contributed by atoms with van der Waals surface area (Å²) in [6, 6.07) is 12.1. The number of piperidine rings is 1. The molecule has 1 amide bonds. The van der Waals surface area contributed by atoms with Crippen LogP contribution in [-0.2, 0) is 28.3 Å². The Labute approximate surface area is 176 Å². The number of benzene rings is 2. The fraction of sp³-hybridized carbons (Fsp3) is 0.364. The lowest BCUT2D eigenvalue weighted by Crippen LogP contribution is -2.36. The van der Waals surface area contributed by atoms with E-state index in [1.54, 1.807) is 36.4 Å². The number of nitrogens with one attached hydrogen (secondary N) is 1. The number of anilines is 1. The molecule has 0 saturated carbocycles. The summed E-state index contributed by atoms with van der Waals surface area (Å²) in [5.74, 6) is 1.09. The Bertz CT molecular complexity index is 1180. The Morgan fingerprint density at radius 3 is 2.60 bits per heavy atom. The van der Waals surface area contributed by atoms with E-state index in [1.807, 2.05) is 29.5 Å². The van der Waals surface area contributed by atoms with Crippen molar-refractivity contribution in [2.45, 2.75) is 37.5 Å². The van der Waals surface area contributed by atoms with Gasteiger partial charge in [0.25, 0.3) is 10.0 Å². The Balaban J connectivity index is 1.53. The molecule has 158 valence electrons. The molecule has 1 aliphatic rings. The van der Waals surface area contributed by atoms with Crippen LogP contribution in [0.3, 0.4) is 0 Å². The van der Waals surface area contributed by atoms with Crippen molar-refractivity contribution in [2.75, 3.05) is 17.8 Å². The van der Waals surface area contributed by atoms with Crippen LogP contribution in [0.5, 0.6) is 0 Å². The number of hydrogen-bond acceptors (Lipinski definition) is 4. The molecule has 1 aromatic heterocycles. The standard InChI is InChI=1S/C22H26N4O3S/c1-16-6-9-18(10-7-16)30(28,29)24-17-8-11-20-19(15-17)23-21(25(20)2)12-14-26-13-4-3-5-22(26)27/h6-11,15,24H,3-5,12-14H2,1-2H3. The van der Waals surface area contributed by atoms with Crippen LogP contribution in [0.15, 0.2) is 47.4 Å². The van der Waals surface area contributed by atoms with Gasteiger partial charge in [0.1, 0.15) is 5.82 Å². The molecule has 3 aromatic rings. The average Bonchev–Trinajstić information content (AvgIpc) is 3.02. The summed E-state index contributed by atoms with van der Waals surface area (Å²) >= 11 is 0. The number of amides is 1. The van der Waals surface area contributed by atoms with Crippen molar-refractivity contribution in [3.8, 4) is 0 Å². The highest BCUT2D eigenvalue weighted by molar-refractivity contribution is 7.92. The zero-order chi connectivity index (χ0) is 21.3. The summed E-state index contributed by atoms with van der Waals surface area (Å²) in [4.78, 5) is 18.8. The van der Waals surface area contributed by atoms with Crippen LogP contribution in [0, 0.1) is 6.92 Å². The molecule has 2 heterocycles. The van der Waals surface area contributed by atoms with Gasteiger partial charge in [-0.1, -0.05) is 17.7 Å². The van der Waals surface area contributed by atoms with Gasteiger partial charge in [-0.25, -0.2) is 13.4 Å². The van der Waals surface area contributed by atoms with Gasteiger partial charge in [-0.15, -0.1) is 0 Å². The van der Waals surface area contributed by atoms with Crippen LogP contribution in [0.2, 0.25) is 0 Å². The van der Waals surface area contributed by atoms with E-state index in [1.165, 1.54) is 0 Å². The quantitative estimate of drug-likeness (QED) is 0.656. The summed E-state index contributed by atoms with van der Waals surface area (Å²) in [5, 5.41) is 0. The lowest BCUT2D eigenvalue weighted by atomic mass is 10.1. The molecule has 1 aliphatic heterocycles. The molecular weight excluding hydrogens is 400 g/mol. The van der Waals surface area contributed by atoms with Gasteiger partial charge >= 0.3 is 0 Å². The number of likely N-dealkylation sites (tertiary alicyclic amines) is 1. The Kier molecular flexibility index (Phi) is 5.51. The maximum Gasteiger partial charge on any atom is 0.261 e. The van der Waals surface area contributed by atoms with Gasteiger partial charge < -0.3 is 9.47 Å². The van der Waals surface area contributed by atoms with E-state index in [0.29, 0.717) is 25.1 Å². The minimum absolute atomic E-state index is 0.216. The second-order valence-electron chi connectivity index (χ2n) is 7.80. The highest BCUT2D eigenvalue weighted by atomic mass is 32.2. The number of aryl methyl sites for hydroxylation is 2. The number of carbonyl (C=O) groups is 1. The molecule has 1 fully saturated rings. The second kappa shape index (κ2) is 8.10. The molecule has 7 nitrogen and oxygen atoms in total. The molecule has 0 spiro atoms. The number of sulfonamides is 1. The molecule has 8 heteroatoms. The summed E-state index contributed by atoms with van der Waals surface area (Å²) in [7, 11) is -1.72. The molecule has 0 radical (unpaired) electrons. The largest absolute Gasteiger partial charge is 0.342 e. The number of imidazole rings is 1. The van der Waals surface area contributed by atoms with Crippen LogP contribution >= 0.6 is 0 Å². The average molecular weight is 427 g/mol. The Morgan fingerprint density at radius 2 is 1.87 bits per heavy atom. The first-order chi connectivity index (χ1) is 14.3. The topological polar surface area (TPSA) is 84.3 Å². The van der Waals surface area contributed by atoms with Gasteiger partial charge in [-0.05, 0) is 50.1 Å². The number of hydrogen-bond donors (Lipinski definition) is 1. The summed E-state index contributed by atoms with van der Waals surface area (Å²) in [5.41, 5.74) is 3.12. The van der Waals surface area contributed by atoms with Crippen LogP contribution in [-0.4, -0.2) is 41.9 Å². The number of fused-ring (bicyclic) bond motifs is 1. The fourth-order valence-corrected chi connectivity index (χ4v) is 4.85. The smallest absolute Gasteiger partial charge is 0.261 e. The molecule has 0 aliphatic carbocycles. The minimum atomic E-state index is -3.66. The molecule has 0 bridgehead atoms. The minimum Gasteiger partial charge on any atom is -0.342 e. The summed E-state index contributed by atoms with van der Waals surface area (Å²) < 4.78 is 29.9. The highest BCUT2D eigenvalue weighted by Crippen LogP contribution is 2.23. The van der Waals surface area contributed by atoms with Crippen molar-refractivity contribution in [3.63, 3.8) is 0 Å². The Morgan fingerprint density at radius 1 is 1.10 bits per heavy atom. The molecular formula is C22H26N4O3S. The summed E-state index contributed by atoms with van der Waals surface area (Å²) in [6.07, 6.45) is 3.33. The number of nitrogens with zero attached hydrogens (tertiary/aromatic N) is 3. The van der Waals surface area contributed by atoms with Crippen molar-refractivity contribution in [1.29, 1.82) is 0 Å². The van der Waals surface area contributed by atoms with Crippen molar-refractivity contribution in [2.24, 2.45) is 7.05 Å². The van der Waals surface area contributed by atoms with Crippen molar-refractivity contribution in [3.05, 3.63) is 53.9 Å². The van der Waals surface area contributed by atoms with Crippen molar-refractivity contribution in [1.82, 2.24) is 14.5 Å². The maximum atomic E-state index is 12.7. The first-order valence-electron chi connectivity index (χ1n) is 10.2. The molecule has 30 heavy (non-hydrogen) atoms. The van der Waals surface area contributed by atoms with E-state index >= 15 is 0 Å². The van der Waals surface area contributed by atoms with E-state index in [2.05, 4.69) is 9.71 Å². The van der Waals surface area contributed by atoms with Crippen molar-refractivity contribution < 1.29 is 13.2 Å². The van der Waals surface area contributed by atoms with E-state index < -0.39 is 10.0 Å². The van der Waals surface area contributed by atoms with Crippen LogP contribution in [0.25, 0.3) is 11.0 Å². The predicted molar refractivity (Wildman–Crippen MR) is 117 cm³/mol. The molecule has 1 saturated heterocycles. The molecule has 2 aromatic carbocycles. The van der Waals surface area contributed by atoms with E-state index in [9.17, 15) is 13.2 Å². The fourth-order valence-electron chi connectivity index (χ4n) is 3.80. The van der Waals surface area contributed by atoms with Gasteiger partial charge in [0.2, 0.25) is 5.91 Å². The highest BCUT2D eigenvalue weighted by Gasteiger charge is 2.19. The molecule has 1 N–H and O–H groups in total. The molecule has 4 rings (SSSR count). The van der Waals surface area contributed by atoms with Gasteiger partial charge in [-0.3, -0.25) is 9.52 Å². The second-order valence-corrected chi connectivity index (χ2v) is 9.48. The number of carbonyl (C=O) groups excluding carboxylic acids is 1. The first-order valence-corrected chi connectivity index (χ1v) is 11.6. The lowest BCUT2D eigenvalue weighted by molar-refractivity contribution is -0.133. The lowest BCUT2D eigenvalue weighted by Gasteiger charge is -2.26. The van der Waals surface area contributed by atoms with Crippen LogP contribution < -0.4 is 4.72 Å². The molecule has 0 atom stereocenters. The zero-order valence-corrected chi connectivity index (χ0v) is 18.1. The summed E-state index contributed by atoms with van der Waals surface area (Å²) in [6.45, 7) is 3.38. The monoisotopic (exact) mass is 426 g/mol. The SMILES string of the molecule is Cc1ccc(S(=O)(=O)Nc2ccc3c(c2)nc(CCN2CCCCC2=O)n3C)cc1. The Hall–Kier alpha value is -2.87. The maximum absolute atomic E-state index is 12.7. The van der Waals surface area contributed by atoms with Gasteiger partial charge in [0.15, 0.2) is 0 Å². The molecule has 0 unspecified atom stereocenters. The third-order valence-electron chi connectivity index (χ3n) is 5.58. The van der Waals surface area contributed by atoms with E-state index in [-0.39, 0.29) is 10.8 Å². The zero-order valence-electron chi connectivity index (χ0n) is 17.3. The predicted octanol–water partition coefficient (Wildman–Crippen LogP) is 3.24. The normalized spacial score (nSPS) is 15.0. The van der Waals surface area contributed by atoms with Crippen LogP contribution in [0.1, 0.15) is 30.7 Å². The van der Waals surface area contributed by atoms with Gasteiger partial charge in [-0.2, -0.15) is 0 Å². The van der Waals surface area contributed by atoms with E-state index in [4.69, 9.17) is 0 Å². The van der Waals surface area contributed by atoms with Gasteiger partial charge in [0, 0.05) is 33.0 Å². The number of rotatable bonds is 6.